The molecule has 1 heterocycles. The molecule has 0 spiro atoms. The zero-order valence-electron chi connectivity index (χ0n) is 10.1. The highest BCUT2D eigenvalue weighted by Gasteiger charge is 2.21. The molecule has 0 saturated heterocycles. The van der Waals surface area contributed by atoms with Gasteiger partial charge in [0.2, 0.25) is 0 Å². The molecule has 1 N–H and O–H groups in total. The van der Waals surface area contributed by atoms with Crippen molar-refractivity contribution in [3.05, 3.63) is 29.2 Å². The van der Waals surface area contributed by atoms with E-state index in [4.69, 9.17) is 4.74 Å². The second-order valence-corrected chi connectivity index (χ2v) is 4.96. The predicted octanol–water partition coefficient (Wildman–Crippen LogP) is 3.44. The summed E-state index contributed by atoms with van der Waals surface area (Å²) >= 11 is 0. The molecule has 0 amide bonds. The lowest BCUT2D eigenvalue weighted by atomic mass is 9.88. The van der Waals surface area contributed by atoms with E-state index >= 15 is 0 Å². The van der Waals surface area contributed by atoms with Crippen molar-refractivity contribution in [2.75, 3.05) is 7.11 Å². The maximum absolute atomic E-state index is 13.9. The topological polar surface area (TPSA) is 25.0 Å². The SMILES string of the molecule is COc1cc(F)c2[nH]c3c(c2c1)CC[C@@H](C)C3. The molecule has 1 atom stereocenters. The van der Waals surface area contributed by atoms with Gasteiger partial charge in [-0.1, -0.05) is 6.92 Å². The molecule has 3 heteroatoms. The number of ether oxygens (including phenoxy) is 1. The zero-order chi connectivity index (χ0) is 12.0. The summed E-state index contributed by atoms with van der Waals surface area (Å²) in [6.45, 7) is 2.24. The number of H-pyrrole nitrogens is 1. The molecule has 1 aliphatic rings. The number of aromatic nitrogens is 1. The minimum atomic E-state index is -0.221. The summed E-state index contributed by atoms with van der Waals surface area (Å²) in [7, 11) is 1.57. The molecule has 0 fully saturated rings. The van der Waals surface area contributed by atoms with Crippen LogP contribution in [0.4, 0.5) is 4.39 Å². The highest BCUT2D eigenvalue weighted by atomic mass is 19.1. The average molecular weight is 233 g/mol. The van der Waals surface area contributed by atoms with E-state index in [1.165, 1.54) is 23.7 Å². The van der Waals surface area contributed by atoms with Gasteiger partial charge < -0.3 is 9.72 Å². The summed E-state index contributed by atoms with van der Waals surface area (Å²) in [5.41, 5.74) is 3.10. The van der Waals surface area contributed by atoms with Crippen molar-refractivity contribution in [2.24, 2.45) is 5.92 Å². The van der Waals surface area contributed by atoms with Gasteiger partial charge in [-0.2, -0.15) is 0 Å². The summed E-state index contributed by atoms with van der Waals surface area (Å²) < 4.78 is 19.0. The van der Waals surface area contributed by atoms with Gasteiger partial charge in [-0.25, -0.2) is 4.39 Å². The van der Waals surface area contributed by atoms with Crippen molar-refractivity contribution in [1.29, 1.82) is 0 Å². The maximum atomic E-state index is 13.9. The van der Waals surface area contributed by atoms with Gasteiger partial charge in [0.05, 0.1) is 12.6 Å². The Morgan fingerprint density at radius 2 is 2.24 bits per heavy atom. The third-order valence-corrected chi connectivity index (χ3v) is 3.70. The van der Waals surface area contributed by atoms with E-state index in [0.717, 1.165) is 18.2 Å². The molecule has 0 bridgehead atoms. The van der Waals surface area contributed by atoms with Gasteiger partial charge in [-0.05, 0) is 36.8 Å². The molecule has 0 saturated carbocycles. The van der Waals surface area contributed by atoms with Crippen LogP contribution in [0.25, 0.3) is 10.9 Å². The zero-order valence-corrected chi connectivity index (χ0v) is 10.1. The first-order valence-electron chi connectivity index (χ1n) is 6.06. The van der Waals surface area contributed by atoms with Gasteiger partial charge >= 0.3 is 0 Å². The van der Waals surface area contributed by atoms with E-state index in [2.05, 4.69) is 11.9 Å². The average Bonchev–Trinajstić information content (AvgIpc) is 2.67. The third-order valence-electron chi connectivity index (χ3n) is 3.70. The molecule has 2 nitrogen and oxygen atoms in total. The fourth-order valence-corrected chi connectivity index (χ4v) is 2.75. The lowest BCUT2D eigenvalue weighted by Gasteiger charge is -2.17. The molecular weight excluding hydrogens is 217 g/mol. The van der Waals surface area contributed by atoms with Gasteiger partial charge in [0.1, 0.15) is 5.75 Å². The molecule has 2 aromatic rings. The number of hydrogen-bond acceptors (Lipinski definition) is 1. The summed E-state index contributed by atoms with van der Waals surface area (Å²) in [6.07, 6.45) is 3.23. The van der Waals surface area contributed by atoms with E-state index in [1.54, 1.807) is 7.11 Å². The van der Waals surface area contributed by atoms with Crippen molar-refractivity contribution in [1.82, 2.24) is 4.98 Å². The minimum absolute atomic E-state index is 0.221. The van der Waals surface area contributed by atoms with E-state index in [-0.39, 0.29) is 5.82 Å². The monoisotopic (exact) mass is 233 g/mol. The van der Waals surface area contributed by atoms with Gasteiger partial charge in [0.25, 0.3) is 0 Å². The lowest BCUT2D eigenvalue weighted by Crippen LogP contribution is -2.10. The highest BCUT2D eigenvalue weighted by Crippen LogP contribution is 2.34. The van der Waals surface area contributed by atoms with E-state index in [0.29, 0.717) is 17.2 Å². The molecule has 0 radical (unpaired) electrons. The molecule has 17 heavy (non-hydrogen) atoms. The molecule has 3 rings (SSSR count). The van der Waals surface area contributed by atoms with Crippen LogP contribution in [0.15, 0.2) is 12.1 Å². The van der Waals surface area contributed by atoms with Crippen molar-refractivity contribution in [3.63, 3.8) is 0 Å². The maximum Gasteiger partial charge on any atom is 0.150 e. The van der Waals surface area contributed by atoms with E-state index in [1.807, 2.05) is 6.07 Å². The van der Waals surface area contributed by atoms with Crippen LogP contribution in [0.5, 0.6) is 5.75 Å². The Kier molecular flexibility index (Phi) is 2.35. The van der Waals surface area contributed by atoms with Crippen molar-refractivity contribution >= 4 is 10.9 Å². The largest absolute Gasteiger partial charge is 0.497 e. The number of aryl methyl sites for hydroxylation is 1. The standard InChI is InChI=1S/C14H16FNO/c1-8-3-4-10-11-6-9(17-2)7-12(15)14(11)16-13(10)5-8/h6-8,16H,3-5H2,1-2H3/t8-/m1/s1. The first-order chi connectivity index (χ1) is 8.19. The quantitative estimate of drug-likeness (QED) is 0.801. The van der Waals surface area contributed by atoms with Gasteiger partial charge in [-0.3, -0.25) is 0 Å². The van der Waals surface area contributed by atoms with Crippen LogP contribution >= 0.6 is 0 Å². The Labute approximate surface area is 99.8 Å². The predicted molar refractivity (Wildman–Crippen MR) is 66.0 cm³/mol. The van der Waals surface area contributed by atoms with Crippen LogP contribution < -0.4 is 4.74 Å². The number of rotatable bonds is 1. The Bertz CT molecular complexity index is 573. The number of fused-ring (bicyclic) bond motifs is 3. The normalized spacial score (nSPS) is 19.4. The molecular formula is C14H16FNO. The molecule has 1 aliphatic carbocycles. The molecule has 0 unspecified atom stereocenters. The lowest BCUT2D eigenvalue weighted by molar-refractivity contribution is 0.412. The van der Waals surface area contributed by atoms with Crippen LogP contribution in [-0.2, 0) is 12.8 Å². The molecule has 0 aliphatic heterocycles. The molecule has 1 aromatic heterocycles. The summed E-state index contributed by atoms with van der Waals surface area (Å²) in [5, 5.41) is 0.990. The van der Waals surface area contributed by atoms with Gasteiger partial charge in [0.15, 0.2) is 5.82 Å². The first kappa shape index (κ1) is 10.6. The second-order valence-electron chi connectivity index (χ2n) is 4.96. The minimum Gasteiger partial charge on any atom is -0.497 e. The fourth-order valence-electron chi connectivity index (χ4n) is 2.75. The summed E-state index contributed by atoms with van der Waals surface area (Å²) in [4.78, 5) is 3.24. The van der Waals surface area contributed by atoms with Gasteiger partial charge in [-0.15, -0.1) is 0 Å². The van der Waals surface area contributed by atoms with Crippen LogP contribution in [0.3, 0.4) is 0 Å². The Morgan fingerprint density at radius 3 is 3.00 bits per heavy atom. The Hall–Kier alpha value is -1.51. The van der Waals surface area contributed by atoms with Crippen molar-refractivity contribution < 1.29 is 9.13 Å². The van der Waals surface area contributed by atoms with E-state index < -0.39 is 0 Å². The van der Waals surface area contributed by atoms with Crippen molar-refractivity contribution in [3.8, 4) is 5.75 Å². The second kappa shape index (κ2) is 3.76. The smallest absolute Gasteiger partial charge is 0.150 e. The number of halogens is 1. The Morgan fingerprint density at radius 1 is 1.41 bits per heavy atom. The van der Waals surface area contributed by atoms with E-state index in [9.17, 15) is 4.39 Å². The van der Waals surface area contributed by atoms with Crippen LogP contribution in [0.2, 0.25) is 0 Å². The number of benzene rings is 1. The van der Waals surface area contributed by atoms with Crippen LogP contribution in [0, 0.1) is 11.7 Å². The highest BCUT2D eigenvalue weighted by molar-refractivity contribution is 5.86. The molecule has 1 aromatic carbocycles. The number of nitrogens with one attached hydrogen (secondary N) is 1. The first-order valence-corrected chi connectivity index (χ1v) is 6.06. The summed E-state index contributed by atoms with van der Waals surface area (Å²) in [6, 6.07) is 3.37. The van der Waals surface area contributed by atoms with Crippen molar-refractivity contribution in [2.45, 2.75) is 26.2 Å². The molecule has 90 valence electrons. The van der Waals surface area contributed by atoms with Crippen LogP contribution in [-0.4, -0.2) is 12.1 Å². The number of hydrogen-bond donors (Lipinski definition) is 1. The van der Waals surface area contributed by atoms with Gasteiger partial charge in [0, 0.05) is 17.1 Å². The fraction of sp³-hybridized carbons (Fsp3) is 0.429. The summed E-state index contributed by atoms with van der Waals surface area (Å²) in [5.74, 6) is 1.05. The number of aromatic amines is 1. The third kappa shape index (κ3) is 1.61. The Balaban J connectivity index is 2.24. The number of methoxy groups -OCH3 is 1. The van der Waals surface area contributed by atoms with Crippen LogP contribution in [0.1, 0.15) is 24.6 Å².